The number of ether oxygens (including phenoxy) is 1. The van der Waals surface area contributed by atoms with Crippen LogP contribution in [0.2, 0.25) is 0 Å². The van der Waals surface area contributed by atoms with Crippen molar-refractivity contribution in [2.24, 2.45) is 0 Å². The fraction of sp³-hybridized carbons (Fsp3) is 0.250. The van der Waals surface area contributed by atoms with E-state index in [1.54, 1.807) is 42.7 Å². The van der Waals surface area contributed by atoms with Crippen molar-refractivity contribution < 1.29 is 19.4 Å². The molecule has 1 amide bonds. The molecule has 2 heterocycles. The van der Waals surface area contributed by atoms with Crippen molar-refractivity contribution in [2.75, 3.05) is 12.0 Å². The monoisotopic (exact) mass is 456 g/mol. The number of Topliss-reactive ketones (excluding diaryl/α,β-unsaturated/α-hetero) is 1. The highest BCUT2D eigenvalue weighted by molar-refractivity contribution is 6.51. The maximum absolute atomic E-state index is 13.4. The zero-order chi connectivity index (χ0) is 24.6. The predicted octanol–water partition coefficient (Wildman–Crippen LogP) is 5.32. The molecule has 0 saturated carbocycles. The maximum atomic E-state index is 13.4. The number of aromatic nitrogens is 1. The Hall–Kier alpha value is -3.93. The van der Waals surface area contributed by atoms with Gasteiger partial charge in [-0.2, -0.15) is 0 Å². The lowest BCUT2D eigenvalue weighted by Gasteiger charge is -2.26. The second-order valence-electron chi connectivity index (χ2n) is 9.45. The van der Waals surface area contributed by atoms with Gasteiger partial charge in [0.25, 0.3) is 11.7 Å². The van der Waals surface area contributed by atoms with Crippen molar-refractivity contribution in [1.29, 1.82) is 0 Å². The highest BCUT2D eigenvalue weighted by Gasteiger charge is 2.47. The first-order valence-corrected chi connectivity index (χ1v) is 11.1. The fourth-order valence-electron chi connectivity index (χ4n) is 4.17. The second-order valence-corrected chi connectivity index (χ2v) is 9.45. The molecule has 174 valence electrons. The van der Waals surface area contributed by atoms with E-state index in [0.29, 0.717) is 22.6 Å². The molecule has 0 spiro atoms. The molecule has 1 aliphatic heterocycles. The summed E-state index contributed by atoms with van der Waals surface area (Å²) in [5.74, 6) is -1.29. The number of methoxy groups -OCH3 is 1. The number of aliphatic hydroxyl groups excluding tert-OH is 1. The first-order valence-electron chi connectivity index (χ1n) is 11.1. The number of carbonyl (C=O) groups excluding carboxylic acids is 2. The van der Waals surface area contributed by atoms with Crippen LogP contribution in [0.3, 0.4) is 0 Å². The Bertz CT molecular complexity index is 1270. The van der Waals surface area contributed by atoms with Crippen LogP contribution in [0.4, 0.5) is 5.69 Å². The van der Waals surface area contributed by atoms with E-state index >= 15 is 0 Å². The average molecular weight is 457 g/mol. The van der Waals surface area contributed by atoms with Gasteiger partial charge < -0.3 is 9.84 Å². The standard InChI is InChI=1S/C28H28N2O4/c1-17-6-9-20(10-7-17)30-24(18-12-14-29-15-13-18)23(26(32)27(30)33)25(31)21-16-19(28(2,3)4)8-11-22(21)34-5/h6-16,24,31H,1-5H3/b25-23+. The Morgan fingerprint density at radius 1 is 1.00 bits per heavy atom. The number of pyridine rings is 1. The highest BCUT2D eigenvalue weighted by Crippen LogP contribution is 2.43. The minimum Gasteiger partial charge on any atom is -0.507 e. The van der Waals surface area contributed by atoms with Crippen LogP contribution in [0.1, 0.15) is 49.1 Å². The van der Waals surface area contributed by atoms with Crippen LogP contribution in [0.25, 0.3) is 5.76 Å². The van der Waals surface area contributed by atoms with Crippen LogP contribution in [0.15, 0.2) is 72.6 Å². The molecular weight excluding hydrogens is 428 g/mol. The number of rotatable bonds is 4. The molecule has 34 heavy (non-hydrogen) atoms. The second kappa shape index (κ2) is 8.78. The SMILES string of the molecule is COc1ccc(C(C)(C)C)cc1/C(O)=C1\C(=O)C(=O)N(c2ccc(C)cc2)C1c1ccncc1. The van der Waals surface area contributed by atoms with Crippen molar-refractivity contribution in [2.45, 2.75) is 39.2 Å². The number of aliphatic hydroxyl groups is 1. The van der Waals surface area contributed by atoms with Crippen molar-refractivity contribution >= 4 is 23.1 Å². The van der Waals surface area contributed by atoms with E-state index < -0.39 is 17.7 Å². The summed E-state index contributed by atoms with van der Waals surface area (Å²) in [6.07, 6.45) is 3.21. The molecule has 1 aromatic heterocycles. The average Bonchev–Trinajstić information content (AvgIpc) is 3.09. The Kier molecular flexibility index (Phi) is 6.00. The number of benzene rings is 2. The zero-order valence-corrected chi connectivity index (χ0v) is 20.0. The summed E-state index contributed by atoms with van der Waals surface area (Å²) in [4.78, 5) is 32.2. The molecular formula is C28H28N2O4. The molecule has 1 atom stereocenters. The third kappa shape index (κ3) is 4.07. The lowest BCUT2D eigenvalue weighted by atomic mass is 9.85. The molecule has 4 rings (SSSR count). The van der Waals surface area contributed by atoms with Crippen LogP contribution >= 0.6 is 0 Å². The van der Waals surface area contributed by atoms with E-state index in [4.69, 9.17) is 4.74 Å². The maximum Gasteiger partial charge on any atom is 0.300 e. The van der Waals surface area contributed by atoms with Crippen LogP contribution in [0, 0.1) is 6.92 Å². The minimum atomic E-state index is -0.811. The van der Waals surface area contributed by atoms with E-state index in [1.807, 2.05) is 31.2 Å². The first kappa shape index (κ1) is 23.2. The number of carbonyl (C=O) groups is 2. The van der Waals surface area contributed by atoms with Gasteiger partial charge in [0.1, 0.15) is 11.5 Å². The molecule has 1 fully saturated rings. The van der Waals surface area contributed by atoms with Gasteiger partial charge in [0, 0.05) is 18.1 Å². The van der Waals surface area contributed by atoms with Gasteiger partial charge in [0.2, 0.25) is 0 Å². The number of ketones is 1. The Morgan fingerprint density at radius 2 is 1.65 bits per heavy atom. The third-order valence-electron chi connectivity index (χ3n) is 6.10. The highest BCUT2D eigenvalue weighted by atomic mass is 16.5. The van der Waals surface area contributed by atoms with E-state index in [2.05, 4.69) is 25.8 Å². The summed E-state index contributed by atoms with van der Waals surface area (Å²) in [7, 11) is 1.51. The van der Waals surface area contributed by atoms with E-state index in [9.17, 15) is 14.7 Å². The molecule has 6 nitrogen and oxygen atoms in total. The molecule has 3 aromatic rings. The molecule has 1 saturated heterocycles. The normalized spacial score (nSPS) is 17.8. The third-order valence-corrected chi connectivity index (χ3v) is 6.10. The smallest absolute Gasteiger partial charge is 0.300 e. The molecule has 0 radical (unpaired) electrons. The lowest BCUT2D eigenvalue weighted by molar-refractivity contribution is -0.132. The topological polar surface area (TPSA) is 79.7 Å². The number of hydrogen-bond donors (Lipinski definition) is 1. The number of amides is 1. The first-order chi connectivity index (χ1) is 16.1. The van der Waals surface area contributed by atoms with Gasteiger partial charge in [-0.3, -0.25) is 19.5 Å². The Morgan fingerprint density at radius 3 is 2.24 bits per heavy atom. The summed E-state index contributed by atoms with van der Waals surface area (Å²) in [6, 6.07) is 15.6. The van der Waals surface area contributed by atoms with Crippen LogP contribution in [-0.4, -0.2) is 28.9 Å². The molecule has 0 aliphatic carbocycles. The summed E-state index contributed by atoms with van der Waals surface area (Å²) in [5.41, 5.74) is 3.43. The van der Waals surface area contributed by atoms with E-state index in [-0.39, 0.29) is 16.7 Å². The van der Waals surface area contributed by atoms with Crippen molar-refractivity contribution in [3.05, 3.63) is 94.8 Å². The molecule has 1 aliphatic rings. The summed E-state index contributed by atoms with van der Waals surface area (Å²) < 4.78 is 5.51. The quantitative estimate of drug-likeness (QED) is 0.326. The molecule has 0 bridgehead atoms. The molecule has 1 unspecified atom stereocenters. The minimum absolute atomic E-state index is 0.0149. The summed E-state index contributed by atoms with van der Waals surface area (Å²) in [6.45, 7) is 8.14. The van der Waals surface area contributed by atoms with Gasteiger partial charge >= 0.3 is 0 Å². The van der Waals surface area contributed by atoms with Crippen molar-refractivity contribution in [3.63, 3.8) is 0 Å². The predicted molar refractivity (Wildman–Crippen MR) is 132 cm³/mol. The Labute approximate surface area is 199 Å². The molecule has 1 N–H and O–H groups in total. The number of nitrogens with zero attached hydrogens (tertiary/aromatic N) is 2. The van der Waals surface area contributed by atoms with Gasteiger partial charge in [-0.05, 0) is 59.9 Å². The number of aryl methyl sites for hydroxylation is 1. The van der Waals surface area contributed by atoms with E-state index in [1.165, 1.54) is 12.0 Å². The van der Waals surface area contributed by atoms with E-state index in [0.717, 1.165) is 11.1 Å². The fourth-order valence-corrected chi connectivity index (χ4v) is 4.17. The lowest BCUT2D eigenvalue weighted by Crippen LogP contribution is -2.29. The van der Waals surface area contributed by atoms with Crippen molar-refractivity contribution in [1.82, 2.24) is 4.98 Å². The zero-order valence-electron chi connectivity index (χ0n) is 20.0. The van der Waals surface area contributed by atoms with Crippen LogP contribution in [0.5, 0.6) is 5.75 Å². The van der Waals surface area contributed by atoms with Gasteiger partial charge in [-0.25, -0.2) is 0 Å². The molecule has 2 aromatic carbocycles. The van der Waals surface area contributed by atoms with Gasteiger partial charge in [0.05, 0.1) is 24.3 Å². The van der Waals surface area contributed by atoms with Gasteiger partial charge in [-0.15, -0.1) is 0 Å². The van der Waals surface area contributed by atoms with Crippen LogP contribution < -0.4 is 9.64 Å². The Balaban J connectivity index is 1.98. The number of anilines is 1. The van der Waals surface area contributed by atoms with Gasteiger partial charge in [0.15, 0.2) is 0 Å². The largest absolute Gasteiger partial charge is 0.507 e. The van der Waals surface area contributed by atoms with Crippen LogP contribution in [-0.2, 0) is 15.0 Å². The summed E-state index contributed by atoms with van der Waals surface area (Å²) in [5, 5.41) is 11.5. The number of hydrogen-bond acceptors (Lipinski definition) is 5. The summed E-state index contributed by atoms with van der Waals surface area (Å²) >= 11 is 0. The van der Waals surface area contributed by atoms with Crippen molar-refractivity contribution in [3.8, 4) is 5.75 Å². The van der Waals surface area contributed by atoms with Gasteiger partial charge in [-0.1, -0.05) is 44.5 Å². The molecule has 6 heteroatoms.